The summed E-state index contributed by atoms with van der Waals surface area (Å²) in [4.78, 5) is 0. The van der Waals surface area contributed by atoms with Gasteiger partial charge in [0.05, 0.1) is 0 Å². The molecule has 0 atom stereocenters. The molecule has 0 aromatic carbocycles. The molecule has 4 heavy (non-hydrogen) atoms. The zero-order valence-electron chi connectivity index (χ0n) is 1.25. The van der Waals surface area contributed by atoms with Crippen LogP contribution in [-0.4, -0.2) is 19.4 Å². The van der Waals surface area contributed by atoms with Crippen LogP contribution in [-0.2, 0) is 33.6 Å². The molecule has 0 heterocycles. The van der Waals surface area contributed by atoms with Crippen LogP contribution >= 0.6 is 0 Å². The Hall–Kier alpha value is 1.29. The van der Waals surface area contributed by atoms with Crippen LogP contribution in [0.25, 0.3) is 0 Å². The second kappa shape index (κ2) is 27.8. The van der Waals surface area contributed by atoms with E-state index < -0.39 is 0 Å². The Morgan fingerprint density at radius 3 is 1.00 bits per heavy atom. The Balaban J connectivity index is 0. The van der Waals surface area contributed by atoms with E-state index in [1.807, 2.05) is 0 Å². The first-order chi connectivity index (χ1) is 0. The molecule has 0 saturated heterocycles. The molecule has 0 nitrogen and oxygen atoms in total. The number of hydrogen-bond donors (Lipinski definition) is 0. The molecule has 0 unspecified atom stereocenters. The van der Waals surface area contributed by atoms with E-state index in [0.29, 0.717) is 0 Å². The molecule has 0 aromatic heterocycles. The van der Waals surface area contributed by atoms with Gasteiger partial charge in [0.15, 0.2) is 0 Å². The Morgan fingerprint density at radius 2 is 1.00 bits per heavy atom. The number of rotatable bonds is 0. The first-order valence-electron chi connectivity index (χ1n) is 0. The van der Waals surface area contributed by atoms with Gasteiger partial charge in [0, 0.05) is 42.0 Å². The molecule has 0 aliphatic heterocycles. The van der Waals surface area contributed by atoms with Gasteiger partial charge in [-0.05, 0) is 11.0 Å². The molecular weight excluding hydrogens is 153 g/mol. The van der Waals surface area contributed by atoms with Crippen molar-refractivity contribution in [3.05, 3.63) is 0 Å². The van der Waals surface area contributed by atoms with E-state index in [9.17, 15) is 0 Å². The summed E-state index contributed by atoms with van der Waals surface area (Å²) in [5, 5.41) is 0. The van der Waals surface area contributed by atoms with Crippen LogP contribution in [0, 0.1) is 0 Å². The normalized spacial score (nSPS) is 0. The molecule has 0 aliphatic rings. The monoisotopic (exact) mass is 157 g/mol. The Bertz CT molecular complexity index is 8.00. The van der Waals surface area contributed by atoms with Crippen molar-refractivity contribution in [2.45, 2.75) is 0 Å². The van der Waals surface area contributed by atoms with Gasteiger partial charge in [-0.25, -0.2) is 0 Å². The van der Waals surface area contributed by atoms with Gasteiger partial charge in [0.25, 0.3) is 0 Å². The van der Waals surface area contributed by atoms with Gasteiger partial charge in [0.1, 0.15) is 0 Å². The SMILES string of the molecule is [B].[Fe].[Ni].[SiH4]. The summed E-state index contributed by atoms with van der Waals surface area (Å²) in [5.74, 6) is 0. The summed E-state index contributed by atoms with van der Waals surface area (Å²) in [6, 6.07) is 0. The van der Waals surface area contributed by atoms with E-state index in [-0.39, 0.29) is 52.9 Å². The third-order valence-electron chi connectivity index (χ3n) is 0. The maximum Gasteiger partial charge on any atom is 0 e. The smallest absolute Gasteiger partial charge is 0 e. The average Bonchev–Trinajstić information content (AvgIpc) is 0. The van der Waals surface area contributed by atoms with E-state index in [4.69, 9.17) is 0 Å². The third-order valence-corrected chi connectivity index (χ3v) is 0. The van der Waals surface area contributed by atoms with Crippen molar-refractivity contribution >= 4 is 19.4 Å². The van der Waals surface area contributed by atoms with E-state index in [1.165, 1.54) is 0 Å². The van der Waals surface area contributed by atoms with E-state index in [1.54, 1.807) is 0 Å². The van der Waals surface area contributed by atoms with Crippen molar-refractivity contribution in [1.82, 2.24) is 0 Å². The van der Waals surface area contributed by atoms with Crippen LogP contribution in [0.1, 0.15) is 0 Å². The number of hydrogen-bond acceptors (Lipinski definition) is 0. The van der Waals surface area contributed by atoms with Crippen LogP contribution in [0.4, 0.5) is 0 Å². The molecule has 0 bridgehead atoms. The molecule has 29 valence electrons. The Morgan fingerprint density at radius 1 is 1.00 bits per heavy atom. The minimum Gasteiger partial charge on any atom is -0.0149 e. The van der Waals surface area contributed by atoms with E-state index in [0.717, 1.165) is 0 Å². The zero-order chi connectivity index (χ0) is 0. The predicted molar refractivity (Wildman–Crippen MR) is 17.1 cm³/mol. The summed E-state index contributed by atoms with van der Waals surface area (Å²) in [6.07, 6.45) is 0. The van der Waals surface area contributed by atoms with Gasteiger partial charge >= 0.3 is 0 Å². The van der Waals surface area contributed by atoms with E-state index in [2.05, 4.69) is 0 Å². The summed E-state index contributed by atoms with van der Waals surface area (Å²) in [5.41, 5.74) is 0. The van der Waals surface area contributed by atoms with Crippen molar-refractivity contribution in [2.75, 3.05) is 0 Å². The maximum atomic E-state index is 0. The molecule has 0 saturated carbocycles. The summed E-state index contributed by atoms with van der Waals surface area (Å²) in [7, 11) is 0. The quantitative estimate of drug-likeness (QED) is 0.363. The maximum absolute atomic E-state index is 0. The molecule has 4 heteroatoms. The molecule has 3 radical (unpaired) electrons. The molecule has 0 amide bonds. The molecule has 0 aliphatic carbocycles. The summed E-state index contributed by atoms with van der Waals surface area (Å²) in [6.45, 7) is 0. The zero-order valence-corrected chi connectivity index (χ0v) is 3.34. The fraction of sp³-hybridized carbons (Fsp3) is 0. The van der Waals surface area contributed by atoms with Crippen LogP contribution in [0.3, 0.4) is 0 Å². The van der Waals surface area contributed by atoms with Crippen molar-refractivity contribution in [3.8, 4) is 0 Å². The van der Waals surface area contributed by atoms with Crippen molar-refractivity contribution in [3.63, 3.8) is 0 Å². The molecular formula is H4BFeNiSi. The summed E-state index contributed by atoms with van der Waals surface area (Å²) >= 11 is 0. The second-order valence-electron chi connectivity index (χ2n) is 0. The van der Waals surface area contributed by atoms with Gasteiger partial charge in [-0.1, -0.05) is 0 Å². The van der Waals surface area contributed by atoms with Crippen molar-refractivity contribution < 1.29 is 33.6 Å². The first kappa shape index (κ1) is 58.3. The van der Waals surface area contributed by atoms with Gasteiger partial charge in [-0.15, -0.1) is 0 Å². The molecule has 0 rings (SSSR count). The molecule has 0 spiro atoms. The molecule has 0 fully saturated rings. The fourth-order valence-corrected chi connectivity index (χ4v) is 0. The van der Waals surface area contributed by atoms with Crippen molar-refractivity contribution in [2.24, 2.45) is 0 Å². The van der Waals surface area contributed by atoms with Crippen LogP contribution in [0.15, 0.2) is 0 Å². The topological polar surface area (TPSA) is 0 Å². The Labute approximate surface area is 53.1 Å². The van der Waals surface area contributed by atoms with Crippen LogP contribution in [0.2, 0.25) is 0 Å². The van der Waals surface area contributed by atoms with Gasteiger partial charge < -0.3 is 0 Å². The predicted octanol–water partition coefficient (Wildman–Crippen LogP) is -1.84. The van der Waals surface area contributed by atoms with Crippen LogP contribution in [0.5, 0.6) is 0 Å². The van der Waals surface area contributed by atoms with Crippen molar-refractivity contribution in [1.29, 1.82) is 0 Å². The minimum atomic E-state index is 0. The van der Waals surface area contributed by atoms with Crippen LogP contribution < -0.4 is 0 Å². The average molecular weight is 157 g/mol. The first-order valence-corrected chi connectivity index (χ1v) is 0. The molecule has 0 aromatic rings. The Kier molecular flexibility index (Phi) is 405. The van der Waals surface area contributed by atoms with E-state index >= 15 is 0 Å². The molecule has 0 N–H and O–H groups in total. The summed E-state index contributed by atoms with van der Waals surface area (Å²) < 4.78 is 0. The minimum absolute atomic E-state index is 0. The second-order valence-corrected chi connectivity index (χ2v) is 0. The van der Waals surface area contributed by atoms with Gasteiger partial charge in [-0.3, -0.25) is 0 Å². The van der Waals surface area contributed by atoms with Gasteiger partial charge in [-0.2, -0.15) is 0 Å². The fourth-order valence-electron chi connectivity index (χ4n) is 0. The standard InChI is InChI=1S/B.Fe.Ni.H4Si/h;;;1H4. The largest absolute Gasteiger partial charge is 0.0149 e. The van der Waals surface area contributed by atoms with Gasteiger partial charge in [0.2, 0.25) is 0 Å². The third kappa shape index (κ3) is 10.3.